The highest BCUT2D eigenvalue weighted by atomic mass is 16.2. The number of rotatable bonds is 0. The zero-order chi connectivity index (χ0) is 40.0. The average Bonchev–Trinajstić information content (AvgIpc) is 3.21. The quantitative estimate of drug-likeness (QED) is 0.122. The maximum atomic E-state index is 7.00. The van der Waals surface area contributed by atoms with Gasteiger partial charge in [0, 0.05) is 56.9 Å². The van der Waals surface area contributed by atoms with Crippen LogP contribution in [-0.4, -0.2) is 97.7 Å². The number of aliphatic hydroxyl groups is 8. The van der Waals surface area contributed by atoms with E-state index in [4.69, 9.17) is 40.9 Å². The molecule has 0 atom stereocenters. The summed E-state index contributed by atoms with van der Waals surface area (Å²) in [7, 11) is 8.00. The molecular formula is C42H100O8. The Bertz CT molecular complexity index is 205. The number of aliphatic hydroxyl groups excluding tert-OH is 8. The van der Waals surface area contributed by atoms with Gasteiger partial charge in [0.15, 0.2) is 0 Å². The van der Waals surface area contributed by atoms with Gasteiger partial charge in [-0.2, -0.15) is 0 Å². The van der Waals surface area contributed by atoms with E-state index < -0.39 is 0 Å². The van der Waals surface area contributed by atoms with Gasteiger partial charge in [-0.1, -0.05) is 218 Å². The normalized spacial score (nSPS) is 17.3. The van der Waals surface area contributed by atoms with Crippen molar-refractivity contribution in [2.75, 3.05) is 56.9 Å². The van der Waals surface area contributed by atoms with Crippen LogP contribution in [0.3, 0.4) is 0 Å². The molecule has 1 saturated carbocycles. The Balaban J connectivity index is -0.000000160. The topological polar surface area (TPSA) is 162 Å². The first-order valence-electron chi connectivity index (χ1n) is 20.6. The van der Waals surface area contributed by atoms with Gasteiger partial charge >= 0.3 is 0 Å². The molecule has 0 unspecified atom stereocenters. The fourth-order valence-electron chi connectivity index (χ4n) is 6.01. The molecule has 8 heteroatoms. The van der Waals surface area contributed by atoms with Crippen molar-refractivity contribution in [2.24, 2.45) is 0 Å². The zero-order valence-electron chi connectivity index (χ0n) is 35.6. The van der Waals surface area contributed by atoms with E-state index in [9.17, 15) is 0 Å². The van der Waals surface area contributed by atoms with Crippen molar-refractivity contribution in [3.63, 3.8) is 0 Å². The second-order valence-electron chi connectivity index (χ2n) is 12.0. The summed E-state index contributed by atoms with van der Waals surface area (Å²) in [4.78, 5) is 0. The Kier molecular flexibility index (Phi) is 132. The van der Waals surface area contributed by atoms with E-state index in [1.165, 1.54) is 218 Å². The fourth-order valence-corrected chi connectivity index (χ4v) is 6.01. The molecule has 1 aliphatic carbocycles. The first-order valence-corrected chi connectivity index (χ1v) is 20.6. The van der Waals surface area contributed by atoms with E-state index in [2.05, 4.69) is 0 Å². The van der Waals surface area contributed by atoms with Gasteiger partial charge in [-0.3, -0.25) is 0 Å². The van der Waals surface area contributed by atoms with Gasteiger partial charge in [-0.25, -0.2) is 0 Å². The predicted molar refractivity (Wildman–Crippen MR) is 222 cm³/mol. The van der Waals surface area contributed by atoms with E-state index in [-0.39, 0.29) is 0 Å². The molecule has 0 bridgehead atoms. The van der Waals surface area contributed by atoms with E-state index in [1.54, 1.807) is 0 Å². The van der Waals surface area contributed by atoms with Crippen LogP contribution in [0, 0.1) is 0 Å². The number of hydrogen-bond donors (Lipinski definition) is 8. The van der Waals surface area contributed by atoms with Crippen LogP contribution in [-0.2, 0) is 0 Å². The summed E-state index contributed by atoms with van der Waals surface area (Å²) in [5.41, 5.74) is 0. The van der Waals surface area contributed by atoms with Gasteiger partial charge in [0.2, 0.25) is 0 Å². The molecule has 0 radical (unpaired) electrons. The van der Waals surface area contributed by atoms with E-state index in [1.807, 2.05) is 0 Å². The fraction of sp³-hybridized carbons (Fsp3) is 1.00. The largest absolute Gasteiger partial charge is 0.400 e. The molecule has 1 aliphatic rings. The van der Waals surface area contributed by atoms with Crippen molar-refractivity contribution in [1.29, 1.82) is 0 Å². The molecule has 8 N–H and O–H groups in total. The van der Waals surface area contributed by atoms with Gasteiger partial charge in [0.05, 0.1) is 0 Å². The average molecular weight is 733 g/mol. The minimum absolute atomic E-state index is 1.00. The standard InChI is InChI=1S/C34H68.8CH4O/c1-2-4-6-8-10-12-14-16-18-20-22-24-26-28-30-32-34-33-31-29-27-25-23-21-19-17-15-13-11-9-7-5-3-1;8*1-2/h1-34H2;8*2H,1H3. The minimum Gasteiger partial charge on any atom is -0.400 e. The Hall–Kier alpha value is -0.320. The Morgan fingerprint density at radius 2 is 0.120 bits per heavy atom. The maximum Gasteiger partial charge on any atom is 0.0319 e. The van der Waals surface area contributed by atoms with Crippen molar-refractivity contribution < 1.29 is 40.9 Å². The molecule has 50 heavy (non-hydrogen) atoms. The molecule has 0 saturated heterocycles. The van der Waals surface area contributed by atoms with Crippen LogP contribution in [0.5, 0.6) is 0 Å². The van der Waals surface area contributed by atoms with E-state index in [0.717, 1.165) is 56.9 Å². The molecular weight excluding hydrogens is 632 g/mol. The van der Waals surface area contributed by atoms with E-state index >= 15 is 0 Å². The zero-order valence-corrected chi connectivity index (χ0v) is 35.6. The third kappa shape index (κ3) is 91.6. The summed E-state index contributed by atoms with van der Waals surface area (Å²) in [6, 6.07) is 0. The second-order valence-corrected chi connectivity index (χ2v) is 12.0. The highest BCUT2D eigenvalue weighted by Gasteiger charge is 1.98. The molecule has 0 aromatic rings. The highest BCUT2D eigenvalue weighted by molar-refractivity contribution is 4.53. The van der Waals surface area contributed by atoms with Crippen LogP contribution in [0.4, 0.5) is 0 Å². The minimum atomic E-state index is 1.00. The Labute approximate surface area is 315 Å². The number of hydrogen-bond acceptors (Lipinski definition) is 8. The first kappa shape index (κ1) is 67.8. The third-order valence-corrected chi connectivity index (χ3v) is 8.50. The van der Waals surface area contributed by atoms with Crippen molar-refractivity contribution >= 4 is 0 Å². The lowest BCUT2D eigenvalue weighted by molar-refractivity contribution is 0.399. The highest BCUT2D eigenvalue weighted by Crippen LogP contribution is 2.18. The Morgan fingerprint density at radius 1 is 0.100 bits per heavy atom. The summed E-state index contributed by atoms with van der Waals surface area (Å²) >= 11 is 0. The van der Waals surface area contributed by atoms with Crippen molar-refractivity contribution in [3.05, 3.63) is 0 Å². The van der Waals surface area contributed by atoms with E-state index in [0.29, 0.717) is 0 Å². The van der Waals surface area contributed by atoms with Gasteiger partial charge in [0.25, 0.3) is 0 Å². The molecule has 1 fully saturated rings. The van der Waals surface area contributed by atoms with Crippen LogP contribution in [0.1, 0.15) is 218 Å². The summed E-state index contributed by atoms with van der Waals surface area (Å²) < 4.78 is 0. The molecule has 0 aliphatic heterocycles. The smallest absolute Gasteiger partial charge is 0.0319 e. The lowest BCUT2D eigenvalue weighted by Crippen LogP contribution is -1.85. The van der Waals surface area contributed by atoms with Crippen LogP contribution in [0.15, 0.2) is 0 Å². The van der Waals surface area contributed by atoms with Gasteiger partial charge in [-0.05, 0) is 0 Å². The van der Waals surface area contributed by atoms with Crippen LogP contribution >= 0.6 is 0 Å². The molecule has 0 spiro atoms. The summed E-state index contributed by atoms with van der Waals surface area (Å²) in [6.07, 6.45) is 51.0. The Morgan fingerprint density at radius 3 is 0.140 bits per heavy atom. The van der Waals surface area contributed by atoms with Gasteiger partial charge in [-0.15, -0.1) is 0 Å². The maximum absolute atomic E-state index is 7.00. The van der Waals surface area contributed by atoms with Crippen molar-refractivity contribution in [2.45, 2.75) is 218 Å². The molecule has 0 amide bonds. The summed E-state index contributed by atoms with van der Waals surface area (Å²) in [6.45, 7) is 0. The lowest BCUT2D eigenvalue weighted by Gasteiger charge is -2.05. The van der Waals surface area contributed by atoms with Crippen LogP contribution in [0.25, 0.3) is 0 Å². The molecule has 0 heterocycles. The molecule has 8 nitrogen and oxygen atoms in total. The first-order chi connectivity index (χ1) is 25.0. The van der Waals surface area contributed by atoms with Crippen LogP contribution in [0.2, 0.25) is 0 Å². The molecule has 316 valence electrons. The summed E-state index contributed by atoms with van der Waals surface area (Å²) in [5, 5.41) is 56.0. The predicted octanol–water partition coefficient (Wildman–Crippen LogP) is 10.1. The summed E-state index contributed by atoms with van der Waals surface area (Å²) in [5.74, 6) is 0. The second kappa shape index (κ2) is 97.6. The molecule has 1 rings (SSSR count). The SMILES string of the molecule is C1CCCCCCCCCCCCCCCCCCCCCCCCCCCCCCCCC1.CO.CO.CO.CO.CO.CO.CO.CO. The monoisotopic (exact) mass is 733 g/mol. The van der Waals surface area contributed by atoms with Gasteiger partial charge in [0.1, 0.15) is 0 Å². The third-order valence-electron chi connectivity index (χ3n) is 8.50. The molecule has 0 aromatic heterocycles. The van der Waals surface area contributed by atoms with Crippen molar-refractivity contribution in [3.8, 4) is 0 Å². The van der Waals surface area contributed by atoms with Crippen LogP contribution < -0.4 is 0 Å². The van der Waals surface area contributed by atoms with Crippen molar-refractivity contribution in [1.82, 2.24) is 0 Å². The van der Waals surface area contributed by atoms with Gasteiger partial charge < -0.3 is 40.9 Å². The molecule has 0 aromatic carbocycles. The lowest BCUT2D eigenvalue weighted by atomic mass is 10.0.